The second kappa shape index (κ2) is 6.23. The fraction of sp³-hybridized carbons (Fsp3) is 0.222. The Hall–Kier alpha value is -3.02. The molecule has 1 aromatic carbocycles. The summed E-state index contributed by atoms with van der Waals surface area (Å²) < 4.78 is 0. The second-order valence-corrected chi connectivity index (χ2v) is 5.79. The van der Waals surface area contributed by atoms with Crippen LogP contribution in [0.15, 0.2) is 55.0 Å². The van der Waals surface area contributed by atoms with Crippen molar-refractivity contribution in [3.05, 3.63) is 66.2 Å². The molecular weight excluding hydrogens is 302 g/mol. The van der Waals surface area contributed by atoms with Crippen LogP contribution in [0.3, 0.4) is 0 Å². The third-order valence-corrected chi connectivity index (χ3v) is 4.37. The van der Waals surface area contributed by atoms with Crippen LogP contribution >= 0.6 is 0 Å². The largest absolute Gasteiger partial charge is 0.330 e. The second-order valence-electron chi connectivity index (χ2n) is 5.79. The number of carbonyl (C=O) groups is 1. The Morgan fingerprint density at radius 1 is 1.12 bits per heavy atom. The van der Waals surface area contributed by atoms with Gasteiger partial charge in [-0.1, -0.05) is 24.3 Å². The lowest BCUT2D eigenvalue weighted by Gasteiger charge is -2.25. The van der Waals surface area contributed by atoms with Gasteiger partial charge in [0.1, 0.15) is 6.33 Å². The van der Waals surface area contributed by atoms with Crippen molar-refractivity contribution in [2.24, 2.45) is 0 Å². The average molecular weight is 319 g/mol. The van der Waals surface area contributed by atoms with Crippen LogP contribution in [0.1, 0.15) is 34.9 Å². The number of H-pyrrole nitrogens is 1. The SMILES string of the molecule is O=C(c1ccccc1-c1ncn[nH]1)N1CCCC1c1ccccn1. The Morgan fingerprint density at radius 2 is 2.00 bits per heavy atom. The van der Waals surface area contributed by atoms with E-state index < -0.39 is 0 Å². The number of benzene rings is 1. The summed E-state index contributed by atoms with van der Waals surface area (Å²) in [5, 5.41) is 6.73. The van der Waals surface area contributed by atoms with E-state index in [2.05, 4.69) is 20.2 Å². The van der Waals surface area contributed by atoms with Gasteiger partial charge in [0, 0.05) is 18.3 Å². The Labute approximate surface area is 139 Å². The fourth-order valence-electron chi connectivity index (χ4n) is 3.26. The van der Waals surface area contributed by atoms with E-state index in [-0.39, 0.29) is 11.9 Å². The number of aromatic nitrogens is 4. The molecule has 0 spiro atoms. The molecule has 1 atom stereocenters. The highest BCUT2D eigenvalue weighted by Gasteiger charge is 2.32. The molecule has 4 rings (SSSR count). The van der Waals surface area contributed by atoms with Crippen molar-refractivity contribution >= 4 is 5.91 Å². The summed E-state index contributed by atoms with van der Waals surface area (Å²) in [6, 6.07) is 13.4. The number of rotatable bonds is 3. The van der Waals surface area contributed by atoms with Gasteiger partial charge in [0.05, 0.1) is 17.3 Å². The van der Waals surface area contributed by atoms with E-state index in [1.807, 2.05) is 47.4 Å². The zero-order chi connectivity index (χ0) is 16.4. The normalized spacial score (nSPS) is 17.2. The summed E-state index contributed by atoms with van der Waals surface area (Å²) in [5.74, 6) is 0.614. The number of nitrogens with zero attached hydrogens (tertiary/aromatic N) is 4. The fourth-order valence-corrected chi connectivity index (χ4v) is 3.26. The maximum absolute atomic E-state index is 13.2. The number of amides is 1. The molecule has 0 saturated carbocycles. The number of aromatic amines is 1. The van der Waals surface area contributed by atoms with E-state index in [1.165, 1.54) is 6.33 Å². The van der Waals surface area contributed by atoms with Crippen molar-refractivity contribution in [2.75, 3.05) is 6.54 Å². The summed E-state index contributed by atoms with van der Waals surface area (Å²) in [7, 11) is 0. The molecule has 1 saturated heterocycles. The predicted octanol–water partition coefficient (Wildman–Crippen LogP) is 2.84. The van der Waals surface area contributed by atoms with Crippen LogP contribution < -0.4 is 0 Å². The quantitative estimate of drug-likeness (QED) is 0.805. The molecule has 6 heteroatoms. The lowest BCUT2D eigenvalue weighted by atomic mass is 10.0. The molecule has 24 heavy (non-hydrogen) atoms. The number of pyridine rings is 1. The third-order valence-electron chi connectivity index (χ3n) is 4.37. The van der Waals surface area contributed by atoms with Gasteiger partial charge in [-0.05, 0) is 31.0 Å². The Balaban J connectivity index is 1.69. The molecule has 120 valence electrons. The minimum atomic E-state index is 0.00940. The minimum absolute atomic E-state index is 0.00940. The van der Waals surface area contributed by atoms with E-state index >= 15 is 0 Å². The third kappa shape index (κ3) is 2.56. The first-order chi connectivity index (χ1) is 11.8. The van der Waals surface area contributed by atoms with Crippen LogP contribution in [0.25, 0.3) is 11.4 Å². The molecule has 1 N–H and O–H groups in total. The van der Waals surface area contributed by atoms with Crippen LogP contribution in [-0.4, -0.2) is 37.5 Å². The standard InChI is InChI=1S/C18H17N5O/c24-18(14-7-2-1-6-13(14)17-20-12-21-22-17)23-11-5-9-16(23)15-8-3-4-10-19-15/h1-4,6-8,10,12,16H,5,9,11H2,(H,20,21,22). The lowest BCUT2D eigenvalue weighted by Crippen LogP contribution is -2.31. The Kier molecular flexibility index (Phi) is 3.78. The van der Waals surface area contributed by atoms with Gasteiger partial charge in [0.25, 0.3) is 5.91 Å². The highest BCUT2D eigenvalue weighted by atomic mass is 16.2. The minimum Gasteiger partial charge on any atom is -0.330 e. The molecular formula is C18H17N5O. The zero-order valence-electron chi connectivity index (χ0n) is 13.1. The van der Waals surface area contributed by atoms with Gasteiger partial charge < -0.3 is 4.90 Å². The van der Waals surface area contributed by atoms with Crippen LogP contribution in [0.4, 0.5) is 0 Å². The molecule has 3 heterocycles. The van der Waals surface area contributed by atoms with Gasteiger partial charge in [0.2, 0.25) is 0 Å². The zero-order valence-corrected chi connectivity index (χ0v) is 13.1. The number of nitrogens with one attached hydrogen (secondary N) is 1. The smallest absolute Gasteiger partial charge is 0.255 e. The van der Waals surface area contributed by atoms with Gasteiger partial charge in [-0.25, -0.2) is 4.98 Å². The van der Waals surface area contributed by atoms with Crippen LogP contribution in [0.2, 0.25) is 0 Å². The van der Waals surface area contributed by atoms with Crippen LogP contribution in [0, 0.1) is 0 Å². The van der Waals surface area contributed by atoms with Crippen molar-refractivity contribution in [2.45, 2.75) is 18.9 Å². The monoisotopic (exact) mass is 319 g/mol. The van der Waals surface area contributed by atoms with E-state index in [0.29, 0.717) is 11.4 Å². The maximum atomic E-state index is 13.2. The van der Waals surface area contributed by atoms with E-state index in [4.69, 9.17) is 0 Å². The first kappa shape index (κ1) is 14.6. The number of carbonyl (C=O) groups excluding carboxylic acids is 1. The molecule has 2 aromatic heterocycles. The van der Waals surface area contributed by atoms with Crippen molar-refractivity contribution in [3.63, 3.8) is 0 Å². The Morgan fingerprint density at radius 3 is 2.79 bits per heavy atom. The number of hydrogen-bond donors (Lipinski definition) is 1. The average Bonchev–Trinajstić information content (AvgIpc) is 3.33. The van der Waals surface area contributed by atoms with Gasteiger partial charge in [-0.2, -0.15) is 5.10 Å². The Bertz CT molecular complexity index is 832. The van der Waals surface area contributed by atoms with Crippen LogP contribution in [-0.2, 0) is 0 Å². The molecule has 0 aliphatic carbocycles. The molecule has 0 bridgehead atoms. The maximum Gasteiger partial charge on any atom is 0.255 e. The summed E-state index contributed by atoms with van der Waals surface area (Å²) in [4.78, 5) is 23.7. The molecule has 1 unspecified atom stereocenters. The highest BCUT2D eigenvalue weighted by molar-refractivity contribution is 6.00. The van der Waals surface area contributed by atoms with Crippen molar-refractivity contribution in [3.8, 4) is 11.4 Å². The lowest BCUT2D eigenvalue weighted by molar-refractivity contribution is 0.0733. The van der Waals surface area contributed by atoms with Crippen molar-refractivity contribution in [1.29, 1.82) is 0 Å². The predicted molar refractivity (Wildman–Crippen MR) is 89.1 cm³/mol. The number of likely N-dealkylation sites (tertiary alicyclic amines) is 1. The summed E-state index contributed by atoms with van der Waals surface area (Å²) >= 11 is 0. The van der Waals surface area contributed by atoms with Gasteiger partial charge in [-0.15, -0.1) is 0 Å². The van der Waals surface area contributed by atoms with E-state index in [0.717, 1.165) is 30.6 Å². The van der Waals surface area contributed by atoms with Gasteiger partial charge in [0.15, 0.2) is 5.82 Å². The molecule has 1 fully saturated rings. The molecule has 1 aliphatic rings. The van der Waals surface area contributed by atoms with Crippen molar-refractivity contribution in [1.82, 2.24) is 25.1 Å². The van der Waals surface area contributed by atoms with E-state index in [1.54, 1.807) is 6.20 Å². The molecule has 3 aromatic rings. The molecule has 1 aliphatic heterocycles. The van der Waals surface area contributed by atoms with Gasteiger partial charge >= 0.3 is 0 Å². The van der Waals surface area contributed by atoms with Crippen molar-refractivity contribution < 1.29 is 4.79 Å². The van der Waals surface area contributed by atoms with E-state index in [9.17, 15) is 4.79 Å². The topological polar surface area (TPSA) is 74.8 Å². The summed E-state index contributed by atoms with van der Waals surface area (Å²) in [6.07, 6.45) is 5.15. The van der Waals surface area contributed by atoms with Crippen LogP contribution in [0.5, 0.6) is 0 Å². The van der Waals surface area contributed by atoms with Gasteiger partial charge in [-0.3, -0.25) is 14.9 Å². The molecule has 1 amide bonds. The highest BCUT2D eigenvalue weighted by Crippen LogP contribution is 2.33. The summed E-state index contributed by atoms with van der Waals surface area (Å²) in [5.41, 5.74) is 2.35. The first-order valence-corrected chi connectivity index (χ1v) is 8.01. The first-order valence-electron chi connectivity index (χ1n) is 8.01. The molecule has 0 radical (unpaired) electrons. The number of hydrogen-bond acceptors (Lipinski definition) is 4. The molecule has 6 nitrogen and oxygen atoms in total. The summed E-state index contributed by atoms with van der Waals surface area (Å²) in [6.45, 7) is 0.741.